The van der Waals surface area contributed by atoms with Gasteiger partial charge >= 0.3 is 6.02 Å². The third-order valence-corrected chi connectivity index (χ3v) is 1.62. The Bertz CT molecular complexity index is 327. The number of hydrogen-bond donors (Lipinski definition) is 1. The molecular weight excluding hydrogens is 182 g/mol. The van der Waals surface area contributed by atoms with Crippen molar-refractivity contribution in [1.82, 2.24) is 0 Å². The number of oxime groups is 1. The number of nitrogens with zero attached hydrogens (tertiary/aromatic N) is 3. The summed E-state index contributed by atoms with van der Waals surface area (Å²) in [7, 11) is 1.49. The summed E-state index contributed by atoms with van der Waals surface area (Å²) in [5, 5.41) is 11.3. The molecule has 0 atom stereocenters. The predicted molar refractivity (Wildman–Crippen MR) is 55.1 cm³/mol. The van der Waals surface area contributed by atoms with Crippen molar-refractivity contribution in [3.8, 4) is 0 Å². The molecular formula is C9H13N3O2. The van der Waals surface area contributed by atoms with Crippen molar-refractivity contribution in [2.45, 2.75) is 13.8 Å². The van der Waals surface area contributed by atoms with Crippen LogP contribution >= 0.6 is 0 Å². The fourth-order valence-corrected chi connectivity index (χ4v) is 1.04. The standard InChI is InChI=1S/C9H13N3O2/c1-9(2)4-7(5-11-13)12-8(14-3)10-6-9/h4-6,13H,1-3H3/b11-5+. The maximum absolute atomic E-state index is 8.42. The second kappa shape index (κ2) is 4.04. The van der Waals surface area contributed by atoms with Crippen molar-refractivity contribution in [2.24, 2.45) is 20.6 Å². The first-order valence-corrected chi connectivity index (χ1v) is 4.15. The van der Waals surface area contributed by atoms with Crippen LogP contribution in [0.3, 0.4) is 0 Å². The van der Waals surface area contributed by atoms with Gasteiger partial charge < -0.3 is 9.94 Å². The number of hydrogen-bond acceptors (Lipinski definition) is 5. The Morgan fingerprint density at radius 1 is 1.57 bits per heavy atom. The zero-order valence-corrected chi connectivity index (χ0v) is 8.43. The van der Waals surface area contributed by atoms with E-state index >= 15 is 0 Å². The molecule has 14 heavy (non-hydrogen) atoms. The van der Waals surface area contributed by atoms with Crippen LogP contribution in [-0.4, -0.2) is 30.8 Å². The van der Waals surface area contributed by atoms with Crippen molar-refractivity contribution < 1.29 is 9.94 Å². The molecule has 0 aromatic rings. The number of amidine groups is 1. The van der Waals surface area contributed by atoms with Crippen LogP contribution in [0.4, 0.5) is 0 Å². The minimum Gasteiger partial charge on any atom is -0.467 e. The normalized spacial score (nSPS) is 20.2. The lowest BCUT2D eigenvalue weighted by atomic mass is 9.94. The molecule has 0 aromatic carbocycles. The molecule has 0 spiro atoms. The van der Waals surface area contributed by atoms with E-state index in [2.05, 4.69) is 15.1 Å². The largest absolute Gasteiger partial charge is 0.467 e. The highest BCUT2D eigenvalue weighted by Crippen LogP contribution is 2.19. The molecule has 0 saturated heterocycles. The van der Waals surface area contributed by atoms with Gasteiger partial charge in [-0.1, -0.05) is 19.0 Å². The van der Waals surface area contributed by atoms with Gasteiger partial charge in [-0.15, -0.1) is 0 Å². The summed E-state index contributed by atoms with van der Waals surface area (Å²) in [6.45, 7) is 3.94. The smallest absolute Gasteiger partial charge is 0.316 e. The second-order valence-corrected chi connectivity index (χ2v) is 3.49. The number of allylic oxidation sites excluding steroid dienone is 2. The van der Waals surface area contributed by atoms with Crippen LogP contribution in [0.15, 0.2) is 26.9 Å². The Hall–Kier alpha value is -1.65. The highest BCUT2D eigenvalue weighted by molar-refractivity contribution is 5.92. The van der Waals surface area contributed by atoms with E-state index in [0.717, 1.165) is 0 Å². The Morgan fingerprint density at radius 2 is 2.29 bits per heavy atom. The zero-order valence-electron chi connectivity index (χ0n) is 8.43. The van der Waals surface area contributed by atoms with Crippen LogP contribution in [0, 0.1) is 5.41 Å². The molecule has 5 nitrogen and oxygen atoms in total. The molecule has 0 unspecified atom stereocenters. The summed E-state index contributed by atoms with van der Waals surface area (Å²) in [4.78, 5) is 8.06. The number of rotatable bonds is 1. The van der Waals surface area contributed by atoms with Crippen LogP contribution in [0.1, 0.15) is 13.8 Å². The molecule has 0 saturated carbocycles. The van der Waals surface area contributed by atoms with Crippen molar-refractivity contribution in [2.75, 3.05) is 7.11 Å². The number of ether oxygens (including phenoxy) is 1. The molecule has 0 aromatic heterocycles. The monoisotopic (exact) mass is 195 g/mol. The maximum atomic E-state index is 8.42. The summed E-state index contributed by atoms with van der Waals surface area (Å²) in [6.07, 6.45) is 4.81. The van der Waals surface area contributed by atoms with Gasteiger partial charge in [-0.3, -0.25) is 0 Å². The third-order valence-electron chi connectivity index (χ3n) is 1.62. The fourth-order valence-electron chi connectivity index (χ4n) is 1.04. The lowest BCUT2D eigenvalue weighted by molar-refractivity contribution is 0.321. The molecule has 0 aliphatic carbocycles. The molecule has 1 aliphatic heterocycles. The zero-order chi connectivity index (χ0) is 10.6. The van der Waals surface area contributed by atoms with Gasteiger partial charge in [0.2, 0.25) is 0 Å². The lowest BCUT2D eigenvalue weighted by Crippen LogP contribution is -2.09. The van der Waals surface area contributed by atoms with E-state index in [-0.39, 0.29) is 11.4 Å². The molecule has 1 heterocycles. The van der Waals surface area contributed by atoms with Gasteiger partial charge in [0, 0.05) is 11.6 Å². The molecule has 5 heteroatoms. The van der Waals surface area contributed by atoms with Crippen molar-refractivity contribution in [3.05, 3.63) is 11.8 Å². The average Bonchev–Trinajstić information content (AvgIpc) is 2.24. The van der Waals surface area contributed by atoms with Gasteiger partial charge in [-0.25, -0.2) is 4.99 Å². The quantitative estimate of drug-likeness (QED) is 0.391. The van der Waals surface area contributed by atoms with E-state index in [1.165, 1.54) is 13.3 Å². The SMILES string of the molecule is COC1=NC(/C=N/O)=CC(C)(C)C=N1. The Labute approximate surface area is 82.5 Å². The highest BCUT2D eigenvalue weighted by atomic mass is 16.5. The molecule has 1 aliphatic rings. The van der Waals surface area contributed by atoms with Gasteiger partial charge in [0.25, 0.3) is 0 Å². The molecule has 76 valence electrons. The van der Waals surface area contributed by atoms with Gasteiger partial charge in [0.15, 0.2) is 0 Å². The molecule has 0 bridgehead atoms. The first-order chi connectivity index (χ1) is 6.57. The van der Waals surface area contributed by atoms with Crippen LogP contribution in [-0.2, 0) is 4.74 Å². The Morgan fingerprint density at radius 3 is 2.86 bits per heavy atom. The van der Waals surface area contributed by atoms with E-state index in [0.29, 0.717) is 5.70 Å². The van der Waals surface area contributed by atoms with Gasteiger partial charge in [0.1, 0.15) is 0 Å². The van der Waals surface area contributed by atoms with Crippen LogP contribution in [0.2, 0.25) is 0 Å². The van der Waals surface area contributed by atoms with Crippen molar-refractivity contribution >= 4 is 18.5 Å². The molecule has 1 N–H and O–H groups in total. The van der Waals surface area contributed by atoms with Crippen molar-refractivity contribution in [3.63, 3.8) is 0 Å². The molecule has 0 radical (unpaired) electrons. The summed E-state index contributed by atoms with van der Waals surface area (Å²) in [6, 6.07) is 0.252. The average molecular weight is 195 g/mol. The highest BCUT2D eigenvalue weighted by Gasteiger charge is 2.16. The third kappa shape index (κ3) is 2.69. The second-order valence-electron chi connectivity index (χ2n) is 3.49. The summed E-state index contributed by atoms with van der Waals surface area (Å²) < 4.78 is 4.91. The Balaban J connectivity index is 3.07. The topological polar surface area (TPSA) is 66.5 Å². The van der Waals surface area contributed by atoms with Gasteiger partial charge in [-0.05, 0) is 6.08 Å². The maximum Gasteiger partial charge on any atom is 0.316 e. The lowest BCUT2D eigenvalue weighted by Gasteiger charge is -2.11. The van der Waals surface area contributed by atoms with E-state index in [1.807, 2.05) is 19.9 Å². The first-order valence-electron chi connectivity index (χ1n) is 4.15. The van der Waals surface area contributed by atoms with Gasteiger partial charge in [-0.2, -0.15) is 4.99 Å². The predicted octanol–water partition coefficient (Wildman–Crippen LogP) is 1.44. The van der Waals surface area contributed by atoms with Crippen LogP contribution in [0.25, 0.3) is 0 Å². The van der Waals surface area contributed by atoms with E-state index in [4.69, 9.17) is 9.94 Å². The number of aliphatic imine (C=N–C) groups is 2. The summed E-state index contributed by atoms with van der Waals surface area (Å²) in [5.41, 5.74) is 0.284. The van der Waals surface area contributed by atoms with Crippen LogP contribution in [0.5, 0.6) is 0 Å². The fraction of sp³-hybridized carbons (Fsp3) is 0.444. The van der Waals surface area contributed by atoms with Crippen molar-refractivity contribution in [1.29, 1.82) is 0 Å². The molecule has 0 fully saturated rings. The van der Waals surface area contributed by atoms with Crippen LogP contribution < -0.4 is 0 Å². The summed E-state index contributed by atoms with van der Waals surface area (Å²) >= 11 is 0. The van der Waals surface area contributed by atoms with E-state index in [1.54, 1.807) is 6.21 Å². The number of methoxy groups -OCH3 is 1. The Kier molecular flexibility index (Phi) is 3.01. The minimum atomic E-state index is -0.236. The van der Waals surface area contributed by atoms with E-state index in [9.17, 15) is 0 Å². The molecule has 1 rings (SSSR count). The minimum absolute atomic E-state index is 0.236. The first kappa shape index (κ1) is 10.4. The molecule has 0 amide bonds. The van der Waals surface area contributed by atoms with E-state index < -0.39 is 0 Å². The summed E-state index contributed by atoms with van der Waals surface area (Å²) in [5.74, 6) is 0. The van der Waals surface area contributed by atoms with Gasteiger partial charge in [0.05, 0.1) is 19.0 Å².